The molecule has 3 rings (SSSR count). The molecule has 0 aliphatic carbocycles. The molecule has 0 bridgehead atoms. The van der Waals surface area contributed by atoms with E-state index in [9.17, 15) is 9.65 Å². The van der Waals surface area contributed by atoms with E-state index in [4.69, 9.17) is 32.7 Å². The van der Waals surface area contributed by atoms with Crippen molar-refractivity contribution in [3.05, 3.63) is 90.7 Å². The van der Waals surface area contributed by atoms with E-state index in [-0.39, 0.29) is 12.4 Å². The third-order valence-electron chi connectivity index (χ3n) is 4.28. The summed E-state index contributed by atoms with van der Waals surface area (Å²) >= 11 is 14.4. The van der Waals surface area contributed by atoms with E-state index in [1.54, 1.807) is 36.4 Å². The van der Waals surface area contributed by atoms with Gasteiger partial charge in [0.1, 0.15) is 12.4 Å². The third kappa shape index (κ3) is 6.13. The molecule has 0 radical (unpaired) electrons. The van der Waals surface area contributed by atoms with Gasteiger partial charge in [-0.05, 0) is 83.1 Å². The van der Waals surface area contributed by atoms with Gasteiger partial charge in [-0.2, -0.15) is 5.26 Å². The van der Waals surface area contributed by atoms with Crippen LogP contribution in [0.15, 0.2) is 54.6 Å². The largest absolute Gasteiger partial charge is 0.490 e. The van der Waals surface area contributed by atoms with Crippen molar-refractivity contribution in [3.8, 4) is 17.6 Å². The van der Waals surface area contributed by atoms with Crippen LogP contribution in [-0.4, -0.2) is 6.61 Å². The number of ether oxygens (including phenoxy) is 2. The summed E-state index contributed by atoms with van der Waals surface area (Å²) < 4.78 is 25.7. The Morgan fingerprint density at radius 3 is 2.48 bits per heavy atom. The summed E-state index contributed by atoms with van der Waals surface area (Å²) in [6, 6.07) is 17.0. The van der Waals surface area contributed by atoms with Gasteiger partial charge in [0.2, 0.25) is 0 Å². The van der Waals surface area contributed by atoms with Crippen LogP contribution in [0.2, 0.25) is 10.0 Å². The molecule has 0 atom stereocenters. The van der Waals surface area contributed by atoms with E-state index in [1.165, 1.54) is 12.1 Å². The van der Waals surface area contributed by atoms with Crippen molar-refractivity contribution < 1.29 is 13.9 Å². The molecule has 0 aromatic heterocycles. The first-order chi connectivity index (χ1) is 14.9. The number of benzene rings is 3. The van der Waals surface area contributed by atoms with E-state index in [0.717, 1.165) is 14.7 Å². The second-order valence-electron chi connectivity index (χ2n) is 6.47. The van der Waals surface area contributed by atoms with Crippen LogP contribution in [-0.2, 0) is 6.61 Å². The second-order valence-corrected chi connectivity index (χ2v) is 8.48. The Labute approximate surface area is 204 Å². The van der Waals surface area contributed by atoms with E-state index in [0.29, 0.717) is 39.3 Å². The number of hydrogen-bond donors (Lipinski definition) is 0. The van der Waals surface area contributed by atoms with Crippen LogP contribution in [0.25, 0.3) is 11.6 Å². The van der Waals surface area contributed by atoms with Gasteiger partial charge in [0, 0.05) is 10.6 Å². The van der Waals surface area contributed by atoms with Gasteiger partial charge < -0.3 is 9.47 Å². The van der Waals surface area contributed by atoms with E-state index >= 15 is 0 Å². The zero-order chi connectivity index (χ0) is 22.4. The molecule has 7 heteroatoms. The normalized spacial score (nSPS) is 11.2. The minimum absolute atomic E-state index is 0.273. The number of rotatable bonds is 7. The summed E-state index contributed by atoms with van der Waals surface area (Å²) in [6.45, 7) is 2.60. The third-order valence-corrected chi connectivity index (χ3v) is 5.63. The summed E-state index contributed by atoms with van der Waals surface area (Å²) in [5, 5.41) is 10.6. The molecular weight excluding hydrogens is 551 g/mol. The summed E-state index contributed by atoms with van der Waals surface area (Å²) in [7, 11) is 0. The van der Waals surface area contributed by atoms with E-state index < -0.39 is 0 Å². The Bertz CT molecular complexity index is 1160. The van der Waals surface area contributed by atoms with Gasteiger partial charge in [0.15, 0.2) is 11.5 Å². The lowest BCUT2D eigenvalue weighted by molar-refractivity contribution is 0.267. The maximum Gasteiger partial charge on any atom is 0.175 e. The predicted molar refractivity (Wildman–Crippen MR) is 131 cm³/mol. The molecule has 0 aliphatic heterocycles. The zero-order valence-electron chi connectivity index (χ0n) is 16.5. The number of hydrogen-bond acceptors (Lipinski definition) is 3. The Balaban J connectivity index is 1.94. The van der Waals surface area contributed by atoms with Crippen LogP contribution in [0.1, 0.15) is 23.6 Å². The summed E-state index contributed by atoms with van der Waals surface area (Å²) in [6.07, 6.45) is 1.74. The highest BCUT2D eigenvalue weighted by Crippen LogP contribution is 2.36. The lowest BCUT2D eigenvalue weighted by Crippen LogP contribution is -2.02. The lowest BCUT2D eigenvalue weighted by Gasteiger charge is -2.15. The molecule has 3 aromatic rings. The van der Waals surface area contributed by atoms with Crippen LogP contribution in [0.3, 0.4) is 0 Å². The molecule has 0 amide bonds. The molecule has 0 aliphatic rings. The molecule has 0 spiro atoms. The highest BCUT2D eigenvalue weighted by molar-refractivity contribution is 14.1. The Morgan fingerprint density at radius 2 is 1.84 bits per heavy atom. The van der Waals surface area contributed by atoms with E-state index in [2.05, 4.69) is 28.7 Å². The number of allylic oxidation sites excluding steroid dienone is 1. The first kappa shape index (κ1) is 23.4. The van der Waals surface area contributed by atoms with Crippen molar-refractivity contribution in [2.24, 2.45) is 0 Å². The monoisotopic (exact) mass is 567 g/mol. The van der Waals surface area contributed by atoms with Gasteiger partial charge in [-0.1, -0.05) is 41.4 Å². The van der Waals surface area contributed by atoms with Gasteiger partial charge in [-0.15, -0.1) is 0 Å². The predicted octanol–water partition coefficient (Wildman–Crippen LogP) is 7.78. The SMILES string of the molecule is CCOc1cc(/C=C(\C#N)c2ccc(Cl)cc2Cl)cc(I)c1OCc1ccc(F)cc1. The van der Waals surface area contributed by atoms with Crippen molar-refractivity contribution in [2.45, 2.75) is 13.5 Å². The van der Waals surface area contributed by atoms with Gasteiger partial charge in [0.25, 0.3) is 0 Å². The summed E-state index contributed by atoms with van der Waals surface area (Å²) in [5.41, 5.74) is 2.61. The molecule has 3 nitrogen and oxygen atoms in total. The number of halogens is 4. The summed E-state index contributed by atoms with van der Waals surface area (Å²) in [5.74, 6) is 0.854. The van der Waals surface area contributed by atoms with Gasteiger partial charge in [-0.3, -0.25) is 0 Å². The fraction of sp³-hybridized carbons (Fsp3) is 0.125. The van der Waals surface area contributed by atoms with Crippen molar-refractivity contribution in [1.29, 1.82) is 5.26 Å². The average molecular weight is 568 g/mol. The minimum Gasteiger partial charge on any atom is -0.490 e. The van der Waals surface area contributed by atoms with Crippen molar-refractivity contribution in [3.63, 3.8) is 0 Å². The van der Waals surface area contributed by atoms with Gasteiger partial charge >= 0.3 is 0 Å². The molecule has 3 aromatic carbocycles. The van der Waals surface area contributed by atoms with Crippen molar-refractivity contribution >= 4 is 57.4 Å². The molecular formula is C24H17Cl2FINO2. The molecule has 0 saturated carbocycles. The van der Waals surface area contributed by atoms with E-state index in [1.807, 2.05) is 19.1 Å². The highest BCUT2D eigenvalue weighted by Gasteiger charge is 2.14. The maximum atomic E-state index is 13.1. The fourth-order valence-electron chi connectivity index (χ4n) is 2.86. The van der Waals surface area contributed by atoms with Crippen LogP contribution in [0, 0.1) is 20.7 Å². The molecule has 0 fully saturated rings. The average Bonchev–Trinajstić information content (AvgIpc) is 2.73. The smallest absolute Gasteiger partial charge is 0.175 e. The van der Waals surface area contributed by atoms with Gasteiger partial charge in [-0.25, -0.2) is 4.39 Å². The first-order valence-electron chi connectivity index (χ1n) is 9.32. The lowest BCUT2D eigenvalue weighted by atomic mass is 10.0. The molecule has 0 unspecified atom stereocenters. The summed E-state index contributed by atoms with van der Waals surface area (Å²) in [4.78, 5) is 0. The second kappa shape index (κ2) is 10.9. The molecule has 0 saturated heterocycles. The first-order valence-corrected chi connectivity index (χ1v) is 11.2. The maximum absolute atomic E-state index is 13.1. The minimum atomic E-state index is -0.293. The number of nitriles is 1. The molecule has 0 heterocycles. The standard InChI is InChI=1S/C24H17Cl2FINO2/c1-2-30-23-11-16(9-17(13-29)20-8-5-18(25)12-21(20)26)10-22(28)24(23)31-14-15-3-6-19(27)7-4-15/h3-12H,2,14H2,1H3/b17-9+. The van der Waals surface area contributed by atoms with Crippen LogP contribution < -0.4 is 9.47 Å². The Hall–Kier alpha value is -2.27. The number of nitrogens with zero attached hydrogens (tertiary/aromatic N) is 1. The van der Waals surface area contributed by atoms with Crippen LogP contribution in [0.5, 0.6) is 11.5 Å². The topological polar surface area (TPSA) is 42.2 Å². The Morgan fingerprint density at radius 1 is 1.10 bits per heavy atom. The van der Waals surface area contributed by atoms with Crippen molar-refractivity contribution in [2.75, 3.05) is 6.61 Å². The molecule has 0 N–H and O–H groups in total. The molecule has 158 valence electrons. The highest BCUT2D eigenvalue weighted by atomic mass is 127. The zero-order valence-corrected chi connectivity index (χ0v) is 20.1. The van der Waals surface area contributed by atoms with Crippen LogP contribution >= 0.6 is 45.8 Å². The quantitative estimate of drug-likeness (QED) is 0.166. The van der Waals surface area contributed by atoms with Crippen molar-refractivity contribution in [1.82, 2.24) is 0 Å². The van der Waals surface area contributed by atoms with Crippen LogP contribution in [0.4, 0.5) is 4.39 Å². The van der Waals surface area contributed by atoms with Gasteiger partial charge in [0.05, 0.1) is 26.8 Å². The molecule has 31 heavy (non-hydrogen) atoms. The Kier molecular flexibility index (Phi) is 8.19. The fourth-order valence-corrected chi connectivity index (χ4v) is 4.15.